The second-order valence-electron chi connectivity index (χ2n) is 4.87. The zero-order chi connectivity index (χ0) is 14.2. The van der Waals surface area contributed by atoms with E-state index in [0.717, 1.165) is 25.1 Å². The van der Waals surface area contributed by atoms with Gasteiger partial charge in [-0.3, -0.25) is 4.90 Å². The van der Waals surface area contributed by atoms with Gasteiger partial charge >= 0.3 is 0 Å². The molecule has 0 radical (unpaired) electrons. The van der Waals surface area contributed by atoms with Gasteiger partial charge in [-0.05, 0) is 29.7 Å². The number of halogens is 1. The van der Waals surface area contributed by atoms with E-state index in [-0.39, 0.29) is 12.4 Å². The third kappa shape index (κ3) is 4.76. The summed E-state index contributed by atoms with van der Waals surface area (Å²) in [5, 5.41) is 9.15. The van der Waals surface area contributed by atoms with E-state index in [1.165, 1.54) is 11.6 Å². The SMILES string of the molecule is OCCN(CCc1cccc(F)c1)Cc1ccccc1. The molecule has 1 N–H and O–H groups in total. The number of rotatable bonds is 7. The fourth-order valence-electron chi connectivity index (χ4n) is 2.23. The van der Waals surface area contributed by atoms with Crippen molar-refractivity contribution in [1.82, 2.24) is 4.90 Å². The fraction of sp³-hybridized carbons (Fsp3) is 0.294. The molecule has 2 aromatic rings. The lowest BCUT2D eigenvalue weighted by Gasteiger charge is -2.21. The highest BCUT2D eigenvalue weighted by Gasteiger charge is 2.06. The summed E-state index contributed by atoms with van der Waals surface area (Å²) in [5.41, 5.74) is 2.21. The van der Waals surface area contributed by atoms with Crippen LogP contribution in [0.3, 0.4) is 0 Å². The van der Waals surface area contributed by atoms with E-state index in [2.05, 4.69) is 17.0 Å². The molecule has 0 heterocycles. The third-order valence-electron chi connectivity index (χ3n) is 3.27. The Morgan fingerprint density at radius 1 is 0.900 bits per heavy atom. The maximum absolute atomic E-state index is 13.1. The Morgan fingerprint density at radius 2 is 1.65 bits per heavy atom. The van der Waals surface area contributed by atoms with Gasteiger partial charge in [-0.1, -0.05) is 42.5 Å². The van der Waals surface area contributed by atoms with Crippen molar-refractivity contribution < 1.29 is 9.50 Å². The first-order valence-corrected chi connectivity index (χ1v) is 6.89. The second-order valence-corrected chi connectivity index (χ2v) is 4.87. The lowest BCUT2D eigenvalue weighted by atomic mass is 10.1. The molecule has 106 valence electrons. The van der Waals surface area contributed by atoms with Gasteiger partial charge in [0.05, 0.1) is 6.61 Å². The molecular weight excluding hydrogens is 253 g/mol. The van der Waals surface area contributed by atoms with Gasteiger partial charge in [-0.25, -0.2) is 4.39 Å². The van der Waals surface area contributed by atoms with Crippen LogP contribution in [0.1, 0.15) is 11.1 Å². The molecule has 0 aromatic heterocycles. The molecule has 0 spiro atoms. The number of nitrogens with zero attached hydrogens (tertiary/aromatic N) is 1. The zero-order valence-corrected chi connectivity index (χ0v) is 11.5. The van der Waals surface area contributed by atoms with Gasteiger partial charge < -0.3 is 5.11 Å². The molecule has 0 fully saturated rings. The van der Waals surface area contributed by atoms with Crippen molar-refractivity contribution in [2.45, 2.75) is 13.0 Å². The number of aliphatic hydroxyl groups excluding tert-OH is 1. The van der Waals surface area contributed by atoms with Crippen LogP contribution >= 0.6 is 0 Å². The molecule has 0 unspecified atom stereocenters. The van der Waals surface area contributed by atoms with Crippen molar-refractivity contribution in [2.75, 3.05) is 19.7 Å². The lowest BCUT2D eigenvalue weighted by Crippen LogP contribution is -2.28. The van der Waals surface area contributed by atoms with Crippen LogP contribution in [0.15, 0.2) is 54.6 Å². The average Bonchev–Trinajstić information content (AvgIpc) is 2.46. The van der Waals surface area contributed by atoms with Gasteiger partial charge in [0.25, 0.3) is 0 Å². The third-order valence-corrected chi connectivity index (χ3v) is 3.27. The molecule has 2 nitrogen and oxygen atoms in total. The van der Waals surface area contributed by atoms with E-state index in [1.807, 2.05) is 24.3 Å². The summed E-state index contributed by atoms with van der Waals surface area (Å²) in [4.78, 5) is 2.18. The summed E-state index contributed by atoms with van der Waals surface area (Å²) in [7, 11) is 0. The Labute approximate surface area is 119 Å². The largest absolute Gasteiger partial charge is 0.395 e. The fourth-order valence-corrected chi connectivity index (χ4v) is 2.23. The summed E-state index contributed by atoms with van der Waals surface area (Å²) in [6.45, 7) is 2.37. The molecule has 0 aliphatic heterocycles. The van der Waals surface area contributed by atoms with Gasteiger partial charge in [0, 0.05) is 19.6 Å². The van der Waals surface area contributed by atoms with Crippen molar-refractivity contribution in [3.63, 3.8) is 0 Å². The van der Waals surface area contributed by atoms with Crippen LogP contribution in [0.4, 0.5) is 4.39 Å². The molecular formula is C17H20FNO. The van der Waals surface area contributed by atoms with Crippen LogP contribution in [0.5, 0.6) is 0 Å². The first kappa shape index (κ1) is 14.7. The molecule has 2 aromatic carbocycles. The highest BCUT2D eigenvalue weighted by Crippen LogP contribution is 2.08. The highest BCUT2D eigenvalue weighted by atomic mass is 19.1. The standard InChI is InChI=1S/C17H20FNO/c18-17-8-4-7-15(13-17)9-10-19(11-12-20)14-16-5-2-1-3-6-16/h1-8,13,20H,9-12,14H2. The topological polar surface area (TPSA) is 23.5 Å². The minimum absolute atomic E-state index is 0.135. The number of benzene rings is 2. The van der Waals surface area contributed by atoms with Crippen molar-refractivity contribution in [3.8, 4) is 0 Å². The Balaban J connectivity index is 1.92. The number of aliphatic hydroxyl groups is 1. The minimum Gasteiger partial charge on any atom is -0.395 e. The summed E-state index contributed by atoms with van der Waals surface area (Å²) in [6, 6.07) is 16.9. The Bertz CT molecular complexity index is 515. The van der Waals surface area contributed by atoms with E-state index < -0.39 is 0 Å². The summed E-state index contributed by atoms with van der Waals surface area (Å²) in [6.07, 6.45) is 0.782. The quantitative estimate of drug-likeness (QED) is 0.838. The van der Waals surface area contributed by atoms with E-state index in [0.29, 0.717) is 6.54 Å². The van der Waals surface area contributed by atoms with Gasteiger partial charge in [0.1, 0.15) is 5.82 Å². The minimum atomic E-state index is -0.195. The van der Waals surface area contributed by atoms with Crippen LogP contribution in [0, 0.1) is 5.82 Å². The van der Waals surface area contributed by atoms with Crippen LogP contribution in [-0.2, 0) is 13.0 Å². The van der Waals surface area contributed by atoms with Crippen LogP contribution in [0.25, 0.3) is 0 Å². The van der Waals surface area contributed by atoms with Gasteiger partial charge in [-0.2, -0.15) is 0 Å². The maximum atomic E-state index is 13.1. The van der Waals surface area contributed by atoms with Gasteiger partial charge in [0.15, 0.2) is 0 Å². The van der Waals surface area contributed by atoms with Gasteiger partial charge in [0.2, 0.25) is 0 Å². The molecule has 0 amide bonds. The predicted molar refractivity (Wildman–Crippen MR) is 78.9 cm³/mol. The predicted octanol–water partition coefficient (Wildman–Crippen LogP) is 2.86. The van der Waals surface area contributed by atoms with Gasteiger partial charge in [-0.15, -0.1) is 0 Å². The Kier molecular flexibility index (Phi) is 5.71. The molecule has 0 atom stereocenters. The van der Waals surface area contributed by atoms with Crippen LogP contribution in [0.2, 0.25) is 0 Å². The van der Waals surface area contributed by atoms with Crippen molar-refractivity contribution in [1.29, 1.82) is 0 Å². The molecule has 0 saturated heterocycles. The van der Waals surface area contributed by atoms with Crippen molar-refractivity contribution in [3.05, 3.63) is 71.5 Å². The van der Waals surface area contributed by atoms with Crippen LogP contribution in [-0.4, -0.2) is 29.7 Å². The average molecular weight is 273 g/mol. The van der Waals surface area contributed by atoms with E-state index in [4.69, 9.17) is 5.11 Å². The van der Waals surface area contributed by atoms with E-state index in [1.54, 1.807) is 12.1 Å². The number of hydrogen-bond donors (Lipinski definition) is 1. The van der Waals surface area contributed by atoms with Crippen LogP contribution < -0.4 is 0 Å². The Morgan fingerprint density at radius 3 is 2.35 bits per heavy atom. The lowest BCUT2D eigenvalue weighted by molar-refractivity contribution is 0.191. The van der Waals surface area contributed by atoms with E-state index in [9.17, 15) is 4.39 Å². The molecule has 0 aliphatic rings. The smallest absolute Gasteiger partial charge is 0.123 e. The monoisotopic (exact) mass is 273 g/mol. The normalized spacial score (nSPS) is 10.9. The second kappa shape index (κ2) is 7.78. The first-order chi connectivity index (χ1) is 9.78. The number of hydrogen-bond acceptors (Lipinski definition) is 2. The summed E-state index contributed by atoms with van der Waals surface area (Å²) in [5.74, 6) is -0.195. The molecule has 0 aliphatic carbocycles. The zero-order valence-electron chi connectivity index (χ0n) is 11.5. The molecule has 20 heavy (non-hydrogen) atoms. The molecule has 0 bridgehead atoms. The molecule has 3 heteroatoms. The maximum Gasteiger partial charge on any atom is 0.123 e. The van der Waals surface area contributed by atoms with Crippen molar-refractivity contribution >= 4 is 0 Å². The summed E-state index contributed by atoms with van der Waals surface area (Å²) < 4.78 is 13.1. The van der Waals surface area contributed by atoms with Crippen molar-refractivity contribution in [2.24, 2.45) is 0 Å². The molecule has 2 rings (SSSR count). The molecule has 0 saturated carbocycles. The first-order valence-electron chi connectivity index (χ1n) is 6.89. The Hall–Kier alpha value is -1.71. The van der Waals surface area contributed by atoms with E-state index >= 15 is 0 Å². The summed E-state index contributed by atoms with van der Waals surface area (Å²) >= 11 is 0. The highest BCUT2D eigenvalue weighted by molar-refractivity contribution is 5.17.